The number of hydrogen-bond acceptors (Lipinski definition) is 6. The number of primary amides is 1. The fourth-order valence-corrected chi connectivity index (χ4v) is 2.76. The minimum Gasteiger partial charge on any atom is -0.422 e. The monoisotopic (exact) mass is 464 g/mol. The zero-order valence-corrected chi connectivity index (χ0v) is 17.7. The third-order valence-corrected chi connectivity index (χ3v) is 4.42. The summed E-state index contributed by atoms with van der Waals surface area (Å²) in [7, 11) is 0. The maximum atomic E-state index is 12.3. The van der Waals surface area contributed by atoms with E-state index in [4.69, 9.17) is 22.1 Å². The van der Waals surface area contributed by atoms with Crippen LogP contribution in [-0.2, 0) is 9.59 Å². The zero-order chi connectivity index (χ0) is 23.8. The van der Waals surface area contributed by atoms with Crippen molar-refractivity contribution < 1.29 is 23.9 Å². The highest BCUT2D eigenvalue weighted by molar-refractivity contribution is 6.39. The Balaban J connectivity index is 1.60. The lowest BCUT2D eigenvalue weighted by Gasteiger charge is -2.07. The van der Waals surface area contributed by atoms with Crippen molar-refractivity contribution in [3.63, 3.8) is 0 Å². The van der Waals surface area contributed by atoms with Gasteiger partial charge in [-0.15, -0.1) is 0 Å². The van der Waals surface area contributed by atoms with Crippen molar-refractivity contribution in [1.29, 1.82) is 0 Å². The quantitative estimate of drug-likeness (QED) is 0.169. The van der Waals surface area contributed by atoms with Crippen molar-refractivity contribution in [2.45, 2.75) is 0 Å². The molecule has 0 saturated heterocycles. The van der Waals surface area contributed by atoms with E-state index in [1.807, 2.05) is 0 Å². The van der Waals surface area contributed by atoms with E-state index in [0.29, 0.717) is 16.3 Å². The molecule has 0 spiro atoms. The summed E-state index contributed by atoms with van der Waals surface area (Å²) in [6.45, 7) is 0. The number of nitrogens with two attached hydrogens (primary N) is 1. The minimum absolute atomic E-state index is 0.194. The Hall–Kier alpha value is -4.50. The molecule has 0 aromatic heterocycles. The summed E-state index contributed by atoms with van der Waals surface area (Å²) >= 11 is 5.90. The molecule has 166 valence electrons. The SMILES string of the molecule is NC(=O)c1ccc(NC(=O)C(=O)N/N=C/c2ccccc2OC(=O)c2cccc(Cl)c2)cc1. The molecule has 0 radical (unpaired) electrons. The molecule has 0 saturated carbocycles. The second kappa shape index (κ2) is 10.7. The minimum atomic E-state index is -1.03. The van der Waals surface area contributed by atoms with E-state index < -0.39 is 23.7 Å². The molecule has 33 heavy (non-hydrogen) atoms. The molecule has 0 aliphatic carbocycles. The highest BCUT2D eigenvalue weighted by Gasteiger charge is 2.14. The number of esters is 1. The molecule has 3 amide bonds. The van der Waals surface area contributed by atoms with Gasteiger partial charge < -0.3 is 15.8 Å². The number of nitrogens with one attached hydrogen (secondary N) is 2. The van der Waals surface area contributed by atoms with Crippen LogP contribution in [0.5, 0.6) is 5.75 Å². The molecule has 3 aromatic rings. The van der Waals surface area contributed by atoms with Gasteiger partial charge in [-0.2, -0.15) is 5.10 Å². The number of amides is 3. The number of hydrazone groups is 1. The summed E-state index contributed by atoms with van der Waals surface area (Å²) < 4.78 is 5.38. The Bertz CT molecular complexity index is 1240. The molecule has 0 unspecified atom stereocenters. The fraction of sp³-hybridized carbons (Fsp3) is 0. The summed E-state index contributed by atoms with van der Waals surface area (Å²) in [5, 5.41) is 6.49. The summed E-state index contributed by atoms with van der Waals surface area (Å²) in [4.78, 5) is 47.4. The van der Waals surface area contributed by atoms with Gasteiger partial charge in [-0.05, 0) is 54.6 Å². The van der Waals surface area contributed by atoms with Crippen LogP contribution in [-0.4, -0.2) is 29.9 Å². The maximum absolute atomic E-state index is 12.3. The topological polar surface area (TPSA) is 140 Å². The lowest BCUT2D eigenvalue weighted by Crippen LogP contribution is -2.32. The Morgan fingerprint density at radius 2 is 1.61 bits per heavy atom. The van der Waals surface area contributed by atoms with Gasteiger partial charge in [0.05, 0.1) is 11.8 Å². The number of carbonyl (C=O) groups excluding carboxylic acids is 4. The predicted octanol–water partition coefficient (Wildman–Crippen LogP) is 2.75. The first-order valence-corrected chi connectivity index (χ1v) is 9.82. The number of anilines is 1. The number of nitrogens with zero attached hydrogens (tertiary/aromatic N) is 1. The molecule has 3 rings (SSSR count). The van der Waals surface area contributed by atoms with E-state index >= 15 is 0 Å². The number of hydrogen-bond donors (Lipinski definition) is 3. The Labute approximate surface area is 193 Å². The lowest BCUT2D eigenvalue weighted by molar-refractivity contribution is -0.136. The van der Waals surface area contributed by atoms with Gasteiger partial charge in [-0.1, -0.05) is 29.8 Å². The van der Waals surface area contributed by atoms with Crippen LogP contribution in [0.3, 0.4) is 0 Å². The van der Waals surface area contributed by atoms with Gasteiger partial charge in [-0.25, -0.2) is 10.2 Å². The first kappa shape index (κ1) is 23.2. The van der Waals surface area contributed by atoms with Crippen molar-refractivity contribution in [3.8, 4) is 5.75 Å². The average molecular weight is 465 g/mol. The van der Waals surface area contributed by atoms with E-state index in [9.17, 15) is 19.2 Å². The Morgan fingerprint density at radius 1 is 0.879 bits per heavy atom. The lowest BCUT2D eigenvalue weighted by atomic mass is 10.2. The molecule has 9 nitrogen and oxygen atoms in total. The van der Waals surface area contributed by atoms with Gasteiger partial charge in [0, 0.05) is 21.8 Å². The molecule has 10 heteroatoms. The maximum Gasteiger partial charge on any atom is 0.343 e. The molecule has 0 heterocycles. The predicted molar refractivity (Wildman–Crippen MR) is 122 cm³/mol. The Morgan fingerprint density at radius 3 is 2.30 bits per heavy atom. The molecular formula is C23H17ClN4O5. The normalized spacial score (nSPS) is 10.5. The van der Waals surface area contributed by atoms with Gasteiger partial charge in [0.1, 0.15) is 5.75 Å². The van der Waals surface area contributed by atoms with Gasteiger partial charge in [0.15, 0.2) is 0 Å². The fourth-order valence-electron chi connectivity index (χ4n) is 2.57. The van der Waals surface area contributed by atoms with Crippen LogP contribution in [0.25, 0.3) is 0 Å². The summed E-state index contributed by atoms with van der Waals surface area (Å²) in [5.74, 6) is -3.04. The van der Waals surface area contributed by atoms with Crippen LogP contribution in [0.1, 0.15) is 26.3 Å². The number of rotatable bonds is 6. The Kier molecular flexibility index (Phi) is 7.51. The van der Waals surface area contributed by atoms with Crippen LogP contribution in [0.4, 0.5) is 5.69 Å². The first-order chi connectivity index (χ1) is 15.8. The van der Waals surface area contributed by atoms with Crippen molar-refractivity contribution in [1.82, 2.24) is 5.43 Å². The number of benzene rings is 3. The summed E-state index contributed by atoms with van der Waals surface area (Å²) in [6, 6.07) is 18.5. The van der Waals surface area contributed by atoms with Crippen LogP contribution in [0, 0.1) is 0 Å². The van der Waals surface area contributed by atoms with E-state index in [2.05, 4.69) is 15.8 Å². The third-order valence-electron chi connectivity index (χ3n) is 4.19. The molecule has 0 bridgehead atoms. The van der Waals surface area contributed by atoms with E-state index in [1.165, 1.54) is 36.5 Å². The van der Waals surface area contributed by atoms with Gasteiger partial charge in [0.2, 0.25) is 5.91 Å². The van der Waals surface area contributed by atoms with Gasteiger partial charge >= 0.3 is 17.8 Å². The number of ether oxygens (including phenoxy) is 1. The van der Waals surface area contributed by atoms with Crippen molar-refractivity contribution in [3.05, 3.63) is 94.5 Å². The van der Waals surface area contributed by atoms with Gasteiger partial charge in [0.25, 0.3) is 0 Å². The van der Waals surface area contributed by atoms with Crippen LogP contribution in [0.15, 0.2) is 77.9 Å². The molecule has 0 fully saturated rings. The first-order valence-electron chi connectivity index (χ1n) is 9.44. The third kappa shape index (κ3) is 6.49. The zero-order valence-electron chi connectivity index (χ0n) is 16.9. The van der Waals surface area contributed by atoms with Crippen LogP contribution >= 0.6 is 11.6 Å². The van der Waals surface area contributed by atoms with Crippen molar-refractivity contribution >= 4 is 47.2 Å². The highest BCUT2D eigenvalue weighted by Crippen LogP contribution is 2.19. The number of para-hydroxylation sites is 1. The summed E-state index contributed by atoms with van der Waals surface area (Å²) in [5.41, 5.74) is 8.44. The van der Waals surface area contributed by atoms with E-state index in [0.717, 1.165) is 0 Å². The molecule has 0 aliphatic heterocycles. The second-order valence-electron chi connectivity index (χ2n) is 6.53. The number of halogens is 1. The van der Waals surface area contributed by atoms with Crippen molar-refractivity contribution in [2.24, 2.45) is 10.8 Å². The van der Waals surface area contributed by atoms with E-state index in [1.54, 1.807) is 42.5 Å². The molecule has 0 aliphatic rings. The molecule has 0 atom stereocenters. The van der Waals surface area contributed by atoms with Gasteiger partial charge in [-0.3, -0.25) is 14.4 Å². The smallest absolute Gasteiger partial charge is 0.343 e. The molecular weight excluding hydrogens is 448 g/mol. The number of carbonyl (C=O) groups is 4. The van der Waals surface area contributed by atoms with Crippen LogP contribution in [0.2, 0.25) is 5.02 Å². The molecule has 3 aromatic carbocycles. The van der Waals surface area contributed by atoms with Crippen molar-refractivity contribution in [2.75, 3.05) is 5.32 Å². The largest absolute Gasteiger partial charge is 0.422 e. The second-order valence-corrected chi connectivity index (χ2v) is 6.97. The highest BCUT2D eigenvalue weighted by atomic mass is 35.5. The van der Waals surface area contributed by atoms with Crippen LogP contribution < -0.4 is 21.2 Å². The standard InChI is InChI=1S/C23H17ClN4O5/c24-17-6-3-5-15(12-17)23(32)33-19-7-2-1-4-16(19)13-26-28-22(31)21(30)27-18-10-8-14(9-11-18)20(25)29/h1-13H,(H2,25,29)(H,27,30)(H,28,31)/b26-13+. The average Bonchev–Trinajstić information content (AvgIpc) is 2.80. The summed E-state index contributed by atoms with van der Waals surface area (Å²) in [6.07, 6.45) is 1.23. The molecule has 4 N–H and O–H groups in total. The van der Waals surface area contributed by atoms with E-state index in [-0.39, 0.29) is 16.9 Å².